The molecular formula is C20H21N3O4. The smallest absolute Gasteiger partial charge is 0.325 e. The van der Waals surface area contributed by atoms with Crippen LogP contribution >= 0.6 is 0 Å². The van der Waals surface area contributed by atoms with E-state index in [1.165, 1.54) is 11.8 Å². The van der Waals surface area contributed by atoms with Gasteiger partial charge in [0.1, 0.15) is 12.3 Å². The lowest BCUT2D eigenvalue weighted by atomic mass is 10.1. The van der Waals surface area contributed by atoms with Gasteiger partial charge < -0.3 is 15.0 Å². The number of amides is 3. The maximum atomic E-state index is 12.6. The number of anilines is 2. The number of benzene rings is 2. The fraction of sp³-hybridized carbons (Fsp3) is 0.250. The quantitative estimate of drug-likeness (QED) is 0.797. The van der Waals surface area contributed by atoms with Gasteiger partial charge in [0.15, 0.2) is 5.78 Å². The molecule has 0 radical (unpaired) electrons. The fourth-order valence-corrected chi connectivity index (χ4v) is 2.89. The topological polar surface area (TPSA) is 79.0 Å². The minimum Gasteiger partial charge on any atom is -0.497 e. The highest BCUT2D eigenvalue weighted by molar-refractivity contribution is 6.00. The molecule has 3 amide bonds. The van der Waals surface area contributed by atoms with Crippen LogP contribution in [0.5, 0.6) is 5.75 Å². The first-order valence-electron chi connectivity index (χ1n) is 8.59. The summed E-state index contributed by atoms with van der Waals surface area (Å²) in [5.74, 6) is 0.405. The monoisotopic (exact) mass is 367 g/mol. The second-order valence-electron chi connectivity index (χ2n) is 6.24. The van der Waals surface area contributed by atoms with Crippen molar-refractivity contribution in [1.82, 2.24) is 4.90 Å². The summed E-state index contributed by atoms with van der Waals surface area (Å²) >= 11 is 0. The Morgan fingerprint density at radius 1 is 1.04 bits per heavy atom. The van der Waals surface area contributed by atoms with E-state index in [4.69, 9.17) is 4.74 Å². The van der Waals surface area contributed by atoms with Crippen molar-refractivity contribution in [3.05, 3.63) is 54.1 Å². The van der Waals surface area contributed by atoms with Crippen LogP contribution in [0.15, 0.2) is 48.5 Å². The van der Waals surface area contributed by atoms with E-state index in [9.17, 15) is 14.4 Å². The van der Waals surface area contributed by atoms with Gasteiger partial charge in [-0.15, -0.1) is 0 Å². The summed E-state index contributed by atoms with van der Waals surface area (Å²) in [5.41, 5.74) is 1.94. The number of ether oxygens (including phenoxy) is 1. The molecule has 2 aromatic carbocycles. The van der Waals surface area contributed by atoms with Crippen molar-refractivity contribution in [3.63, 3.8) is 0 Å². The summed E-state index contributed by atoms with van der Waals surface area (Å²) in [4.78, 5) is 39.2. The van der Waals surface area contributed by atoms with E-state index in [2.05, 4.69) is 5.32 Å². The van der Waals surface area contributed by atoms with E-state index in [-0.39, 0.29) is 24.3 Å². The number of carbonyl (C=O) groups is 3. The van der Waals surface area contributed by atoms with Gasteiger partial charge in [-0.05, 0) is 55.5 Å². The minimum absolute atomic E-state index is 0.0278. The molecule has 0 bridgehead atoms. The van der Waals surface area contributed by atoms with Crippen LogP contribution in [0.4, 0.5) is 16.2 Å². The lowest BCUT2D eigenvalue weighted by Gasteiger charge is -2.18. The van der Waals surface area contributed by atoms with Crippen molar-refractivity contribution in [1.29, 1.82) is 0 Å². The van der Waals surface area contributed by atoms with E-state index in [0.29, 0.717) is 24.3 Å². The summed E-state index contributed by atoms with van der Waals surface area (Å²) in [5, 5.41) is 2.75. The van der Waals surface area contributed by atoms with Crippen LogP contribution in [0.3, 0.4) is 0 Å². The fourth-order valence-electron chi connectivity index (χ4n) is 2.89. The Morgan fingerprint density at radius 2 is 1.70 bits per heavy atom. The Bertz CT molecular complexity index is 847. The molecule has 0 unspecified atom stereocenters. The van der Waals surface area contributed by atoms with Gasteiger partial charge in [0.2, 0.25) is 5.91 Å². The largest absolute Gasteiger partial charge is 0.497 e. The van der Waals surface area contributed by atoms with Gasteiger partial charge in [-0.3, -0.25) is 14.5 Å². The molecule has 0 atom stereocenters. The van der Waals surface area contributed by atoms with Crippen LogP contribution in [-0.2, 0) is 4.79 Å². The predicted molar refractivity (Wildman–Crippen MR) is 102 cm³/mol. The van der Waals surface area contributed by atoms with E-state index < -0.39 is 0 Å². The van der Waals surface area contributed by atoms with Gasteiger partial charge >= 0.3 is 6.03 Å². The van der Waals surface area contributed by atoms with Gasteiger partial charge in [-0.1, -0.05) is 0 Å². The average Bonchev–Trinajstić information content (AvgIpc) is 3.02. The number of nitrogens with one attached hydrogen (secondary N) is 1. The second kappa shape index (κ2) is 7.90. The van der Waals surface area contributed by atoms with Crippen LogP contribution in [0.1, 0.15) is 17.3 Å². The molecule has 3 rings (SSSR count). The third-order valence-corrected chi connectivity index (χ3v) is 4.39. The van der Waals surface area contributed by atoms with Crippen molar-refractivity contribution >= 4 is 29.1 Å². The van der Waals surface area contributed by atoms with E-state index in [1.807, 2.05) is 12.1 Å². The molecule has 140 valence electrons. The maximum Gasteiger partial charge on any atom is 0.325 e. The molecule has 0 aliphatic carbocycles. The summed E-state index contributed by atoms with van der Waals surface area (Å²) in [6, 6.07) is 13.7. The first kappa shape index (κ1) is 18.4. The zero-order valence-corrected chi connectivity index (χ0v) is 15.3. The lowest BCUT2D eigenvalue weighted by molar-refractivity contribution is -0.116. The normalized spacial score (nSPS) is 13.6. The van der Waals surface area contributed by atoms with Crippen molar-refractivity contribution in [3.8, 4) is 5.75 Å². The highest BCUT2D eigenvalue weighted by Crippen LogP contribution is 2.23. The number of Topliss-reactive ketones (excluding diaryl/α,β-unsaturated/α-hetero) is 1. The molecule has 7 nitrogen and oxygen atoms in total. The highest BCUT2D eigenvalue weighted by Gasteiger charge is 2.30. The summed E-state index contributed by atoms with van der Waals surface area (Å²) in [6.07, 6.45) is 0. The van der Waals surface area contributed by atoms with Crippen molar-refractivity contribution in [2.24, 2.45) is 0 Å². The van der Waals surface area contributed by atoms with Crippen molar-refractivity contribution < 1.29 is 19.1 Å². The molecule has 7 heteroatoms. The molecule has 1 aliphatic rings. The molecule has 1 saturated heterocycles. The minimum atomic E-state index is -0.282. The van der Waals surface area contributed by atoms with E-state index in [0.717, 1.165) is 11.4 Å². The van der Waals surface area contributed by atoms with Gasteiger partial charge in [-0.25, -0.2) is 4.79 Å². The van der Waals surface area contributed by atoms with Gasteiger partial charge in [0.25, 0.3) is 0 Å². The highest BCUT2D eigenvalue weighted by atomic mass is 16.5. The number of carbonyl (C=O) groups excluding carboxylic acids is 3. The number of urea groups is 1. The summed E-state index contributed by atoms with van der Waals surface area (Å²) in [7, 11) is 1.59. The van der Waals surface area contributed by atoms with E-state index >= 15 is 0 Å². The standard InChI is InChI=1S/C20H21N3O4/c1-14(24)15-3-5-16(6-4-15)21-19(25)13-22-11-12-23(20(22)26)17-7-9-18(27-2)10-8-17/h3-10H,11-13H2,1-2H3,(H,21,25). The van der Waals surface area contributed by atoms with Crippen LogP contribution in [0.25, 0.3) is 0 Å². The Balaban J connectivity index is 1.58. The van der Waals surface area contributed by atoms with Gasteiger partial charge in [0, 0.05) is 30.0 Å². The van der Waals surface area contributed by atoms with Crippen molar-refractivity contribution in [2.45, 2.75) is 6.92 Å². The Labute approximate surface area is 157 Å². The third-order valence-electron chi connectivity index (χ3n) is 4.39. The zero-order valence-electron chi connectivity index (χ0n) is 15.3. The molecule has 2 aromatic rings. The third kappa shape index (κ3) is 4.25. The average molecular weight is 367 g/mol. The molecule has 1 aliphatic heterocycles. The number of nitrogens with zero attached hydrogens (tertiary/aromatic N) is 2. The second-order valence-corrected chi connectivity index (χ2v) is 6.24. The maximum absolute atomic E-state index is 12.6. The molecule has 0 spiro atoms. The Hall–Kier alpha value is -3.35. The summed E-state index contributed by atoms with van der Waals surface area (Å²) in [6.45, 7) is 2.45. The lowest BCUT2D eigenvalue weighted by Crippen LogP contribution is -2.37. The molecule has 1 fully saturated rings. The Kier molecular flexibility index (Phi) is 5.40. The molecular weight excluding hydrogens is 346 g/mol. The zero-order chi connectivity index (χ0) is 19.4. The molecule has 1 N–H and O–H groups in total. The number of hydrogen-bond acceptors (Lipinski definition) is 4. The SMILES string of the molecule is COc1ccc(N2CCN(CC(=O)Nc3ccc(C(C)=O)cc3)C2=O)cc1. The van der Waals surface area contributed by atoms with Crippen LogP contribution in [0.2, 0.25) is 0 Å². The van der Waals surface area contributed by atoms with Crippen LogP contribution in [-0.4, -0.2) is 49.4 Å². The molecule has 0 saturated carbocycles. The first-order valence-corrected chi connectivity index (χ1v) is 8.59. The van der Waals surface area contributed by atoms with Crippen LogP contribution in [0, 0.1) is 0 Å². The molecule has 1 heterocycles. The Morgan fingerprint density at radius 3 is 2.30 bits per heavy atom. The number of rotatable bonds is 6. The molecule has 0 aromatic heterocycles. The van der Waals surface area contributed by atoms with Crippen LogP contribution < -0.4 is 15.0 Å². The number of hydrogen-bond donors (Lipinski definition) is 1. The number of ketones is 1. The van der Waals surface area contributed by atoms with Crippen molar-refractivity contribution in [2.75, 3.05) is 37.0 Å². The van der Waals surface area contributed by atoms with Gasteiger partial charge in [0.05, 0.1) is 7.11 Å². The predicted octanol–water partition coefficient (Wildman–Crippen LogP) is 2.78. The van der Waals surface area contributed by atoms with Gasteiger partial charge in [-0.2, -0.15) is 0 Å². The first-order chi connectivity index (χ1) is 13.0. The van der Waals surface area contributed by atoms with E-state index in [1.54, 1.807) is 48.4 Å². The molecule has 27 heavy (non-hydrogen) atoms. The number of methoxy groups -OCH3 is 1. The summed E-state index contributed by atoms with van der Waals surface area (Å²) < 4.78 is 5.12.